The fourth-order valence-corrected chi connectivity index (χ4v) is 2.33. The lowest BCUT2D eigenvalue weighted by molar-refractivity contribution is 0.321. The van der Waals surface area contributed by atoms with Crippen LogP contribution in [-0.4, -0.2) is 32.2 Å². The molecule has 0 bridgehead atoms. The van der Waals surface area contributed by atoms with E-state index in [1.807, 2.05) is 7.05 Å². The minimum absolute atomic E-state index is 0.947. The maximum Gasteiger partial charge on any atom is 0.0475 e. The number of benzene rings is 1. The first-order chi connectivity index (χ1) is 7.97. The third-order valence-electron chi connectivity index (χ3n) is 3.69. The molecule has 0 heterocycles. The molecule has 0 spiro atoms. The van der Waals surface area contributed by atoms with Gasteiger partial charge in [0.15, 0.2) is 0 Å². The lowest BCUT2D eigenvalue weighted by atomic mass is 9.92. The smallest absolute Gasteiger partial charge is 0.0475 e. The topological polar surface area (TPSA) is 15.3 Å². The summed E-state index contributed by atoms with van der Waals surface area (Å²) >= 11 is 0. The van der Waals surface area contributed by atoms with Crippen molar-refractivity contribution in [2.45, 2.75) is 34.1 Å². The van der Waals surface area contributed by atoms with Crippen molar-refractivity contribution in [1.29, 1.82) is 0 Å². The first-order valence-electron chi connectivity index (χ1n) is 6.36. The van der Waals surface area contributed by atoms with E-state index in [4.69, 9.17) is 0 Å². The summed E-state index contributed by atoms with van der Waals surface area (Å²) in [5.74, 6) is 0. The molecule has 0 radical (unpaired) electrons. The molecule has 2 heteroatoms. The molecule has 0 saturated heterocycles. The van der Waals surface area contributed by atoms with Crippen LogP contribution in [-0.2, 0) is 6.42 Å². The largest absolute Gasteiger partial charge is 0.307 e. The molecule has 17 heavy (non-hydrogen) atoms. The van der Waals surface area contributed by atoms with Gasteiger partial charge in [0.1, 0.15) is 0 Å². The van der Waals surface area contributed by atoms with E-state index >= 15 is 0 Å². The molecule has 1 aromatic rings. The highest BCUT2D eigenvalue weighted by atomic mass is 15.2. The van der Waals surface area contributed by atoms with Crippen molar-refractivity contribution >= 4 is 0 Å². The lowest BCUT2D eigenvalue weighted by Gasteiger charge is -2.19. The van der Waals surface area contributed by atoms with Crippen molar-refractivity contribution in [2.24, 2.45) is 0 Å². The maximum absolute atomic E-state index is 3.18. The molecule has 0 aliphatic rings. The minimum atomic E-state index is 0.947. The Bertz CT molecular complexity index is 357. The SMILES string of the molecule is CNCN(C)CCc1c(C)c(C)cc(C)c1C. The van der Waals surface area contributed by atoms with Crippen LogP contribution < -0.4 is 5.32 Å². The van der Waals surface area contributed by atoms with Gasteiger partial charge in [-0.3, -0.25) is 4.90 Å². The molecule has 0 amide bonds. The van der Waals surface area contributed by atoms with Crippen molar-refractivity contribution < 1.29 is 0 Å². The Morgan fingerprint density at radius 1 is 1.06 bits per heavy atom. The molecule has 0 saturated carbocycles. The van der Waals surface area contributed by atoms with Crippen LogP contribution >= 0.6 is 0 Å². The first-order valence-corrected chi connectivity index (χ1v) is 6.36. The van der Waals surface area contributed by atoms with Crippen LogP contribution in [0.4, 0.5) is 0 Å². The standard InChI is InChI=1S/C15H26N2/c1-11-9-12(2)14(4)15(13(11)3)7-8-17(6)10-16-5/h9,16H,7-8,10H2,1-6H3. The number of hydrogen-bond donors (Lipinski definition) is 1. The first kappa shape index (κ1) is 14.2. The van der Waals surface area contributed by atoms with Crippen molar-refractivity contribution in [2.75, 3.05) is 27.3 Å². The average Bonchev–Trinajstić information content (AvgIpc) is 2.27. The molecule has 1 rings (SSSR count). The monoisotopic (exact) mass is 234 g/mol. The van der Waals surface area contributed by atoms with Gasteiger partial charge in [-0.25, -0.2) is 0 Å². The molecule has 1 aromatic carbocycles. The quantitative estimate of drug-likeness (QED) is 0.788. The highest BCUT2D eigenvalue weighted by molar-refractivity contribution is 5.44. The van der Waals surface area contributed by atoms with Gasteiger partial charge in [-0.1, -0.05) is 6.07 Å². The molecule has 0 atom stereocenters. The van der Waals surface area contributed by atoms with E-state index in [9.17, 15) is 0 Å². The average molecular weight is 234 g/mol. The molecule has 96 valence electrons. The number of nitrogens with zero attached hydrogens (tertiary/aromatic N) is 1. The molecule has 1 N–H and O–H groups in total. The Labute approximate surface area is 106 Å². The summed E-state index contributed by atoms with van der Waals surface area (Å²) < 4.78 is 0. The molecule has 2 nitrogen and oxygen atoms in total. The molecule has 0 unspecified atom stereocenters. The van der Waals surface area contributed by atoms with Crippen LogP contribution in [0.25, 0.3) is 0 Å². The molecule has 0 aromatic heterocycles. The van der Waals surface area contributed by atoms with Crippen LogP contribution in [0.3, 0.4) is 0 Å². The zero-order chi connectivity index (χ0) is 13.0. The van der Waals surface area contributed by atoms with Gasteiger partial charge in [-0.2, -0.15) is 0 Å². The predicted molar refractivity (Wildman–Crippen MR) is 75.7 cm³/mol. The van der Waals surface area contributed by atoms with Crippen LogP contribution in [0.15, 0.2) is 6.07 Å². The second-order valence-corrected chi connectivity index (χ2v) is 5.08. The number of aryl methyl sites for hydroxylation is 2. The third-order valence-corrected chi connectivity index (χ3v) is 3.69. The van der Waals surface area contributed by atoms with Gasteiger partial charge in [0.05, 0.1) is 0 Å². The van der Waals surface area contributed by atoms with Gasteiger partial charge in [-0.15, -0.1) is 0 Å². The minimum Gasteiger partial charge on any atom is -0.307 e. The van der Waals surface area contributed by atoms with E-state index in [0.717, 1.165) is 19.6 Å². The van der Waals surface area contributed by atoms with Gasteiger partial charge >= 0.3 is 0 Å². The van der Waals surface area contributed by atoms with Crippen LogP contribution in [0.5, 0.6) is 0 Å². The summed E-state index contributed by atoms with van der Waals surface area (Å²) in [6, 6.07) is 2.30. The molecule has 0 aliphatic carbocycles. The van der Waals surface area contributed by atoms with Gasteiger partial charge in [0.25, 0.3) is 0 Å². The molecule has 0 aliphatic heterocycles. The predicted octanol–water partition coefficient (Wildman–Crippen LogP) is 2.57. The van der Waals surface area contributed by atoms with E-state index in [0.29, 0.717) is 0 Å². The van der Waals surface area contributed by atoms with Crippen LogP contribution in [0, 0.1) is 27.7 Å². The van der Waals surface area contributed by atoms with Crippen molar-refractivity contribution in [3.8, 4) is 0 Å². The number of hydrogen-bond acceptors (Lipinski definition) is 2. The van der Waals surface area contributed by atoms with Gasteiger partial charge < -0.3 is 5.32 Å². The van der Waals surface area contributed by atoms with Crippen molar-refractivity contribution in [3.05, 3.63) is 33.9 Å². The normalized spacial score (nSPS) is 11.2. The highest BCUT2D eigenvalue weighted by Gasteiger charge is 2.08. The fourth-order valence-electron chi connectivity index (χ4n) is 2.33. The zero-order valence-electron chi connectivity index (χ0n) is 12.1. The summed E-state index contributed by atoms with van der Waals surface area (Å²) in [6.07, 6.45) is 1.14. The van der Waals surface area contributed by atoms with E-state index in [2.05, 4.69) is 51.0 Å². The fraction of sp³-hybridized carbons (Fsp3) is 0.600. The zero-order valence-corrected chi connectivity index (χ0v) is 12.1. The number of rotatable bonds is 5. The van der Waals surface area contributed by atoms with Crippen molar-refractivity contribution in [1.82, 2.24) is 10.2 Å². The second kappa shape index (κ2) is 6.18. The van der Waals surface area contributed by atoms with E-state index < -0.39 is 0 Å². The van der Waals surface area contributed by atoms with E-state index in [1.165, 1.54) is 27.8 Å². The summed E-state index contributed by atoms with van der Waals surface area (Å²) in [6.45, 7) is 11.0. The van der Waals surface area contributed by atoms with Gasteiger partial charge in [0, 0.05) is 13.2 Å². The lowest BCUT2D eigenvalue weighted by Crippen LogP contribution is -2.30. The Morgan fingerprint density at radius 2 is 1.59 bits per heavy atom. The Kier molecular flexibility index (Phi) is 5.16. The summed E-state index contributed by atoms with van der Waals surface area (Å²) in [4.78, 5) is 2.32. The molecular formula is C15H26N2. The van der Waals surface area contributed by atoms with Gasteiger partial charge in [0.2, 0.25) is 0 Å². The Balaban J connectivity index is 2.83. The number of nitrogens with one attached hydrogen (secondary N) is 1. The molecule has 0 fully saturated rings. The number of likely N-dealkylation sites (N-methyl/N-ethyl adjacent to an activating group) is 1. The summed E-state index contributed by atoms with van der Waals surface area (Å²) in [7, 11) is 4.15. The second-order valence-electron chi connectivity index (χ2n) is 5.08. The van der Waals surface area contributed by atoms with E-state index in [-0.39, 0.29) is 0 Å². The highest BCUT2D eigenvalue weighted by Crippen LogP contribution is 2.22. The molecular weight excluding hydrogens is 208 g/mol. The summed E-state index contributed by atoms with van der Waals surface area (Å²) in [5, 5.41) is 3.18. The third kappa shape index (κ3) is 3.55. The maximum atomic E-state index is 3.18. The Hall–Kier alpha value is -0.860. The van der Waals surface area contributed by atoms with Crippen LogP contribution in [0.2, 0.25) is 0 Å². The Morgan fingerprint density at radius 3 is 2.06 bits per heavy atom. The van der Waals surface area contributed by atoms with Crippen LogP contribution in [0.1, 0.15) is 27.8 Å². The van der Waals surface area contributed by atoms with Crippen molar-refractivity contribution in [3.63, 3.8) is 0 Å². The van der Waals surface area contributed by atoms with E-state index in [1.54, 1.807) is 0 Å². The summed E-state index contributed by atoms with van der Waals surface area (Å²) in [5.41, 5.74) is 7.29. The van der Waals surface area contributed by atoms with Gasteiger partial charge in [-0.05, 0) is 76.0 Å².